The van der Waals surface area contributed by atoms with Crippen molar-refractivity contribution in [1.82, 2.24) is 4.98 Å². The number of hydrogen-bond acceptors (Lipinski definition) is 7. The van der Waals surface area contributed by atoms with Crippen molar-refractivity contribution in [2.45, 2.75) is 12.5 Å². The average molecular weight is 294 g/mol. The number of anilines is 1. The lowest BCUT2D eigenvalue weighted by Crippen LogP contribution is -2.43. The zero-order chi connectivity index (χ0) is 15.2. The van der Waals surface area contributed by atoms with E-state index in [1.54, 1.807) is 12.3 Å². The lowest BCUT2D eigenvalue weighted by molar-refractivity contribution is -0.144. The zero-order valence-corrected chi connectivity index (χ0v) is 12.1. The summed E-state index contributed by atoms with van der Waals surface area (Å²) in [7, 11) is 2.67. The van der Waals surface area contributed by atoms with E-state index in [0.29, 0.717) is 19.7 Å². The minimum atomic E-state index is -0.476. The van der Waals surface area contributed by atoms with Crippen LogP contribution < -0.4 is 4.90 Å². The first-order valence-corrected chi connectivity index (χ1v) is 6.61. The monoisotopic (exact) mass is 294 g/mol. The van der Waals surface area contributed by atoms with Crippen molar-refractivity contribution in [3.05, 3.63) is 24.0 Å². The summed E-state index contributed by atoms with van der Waals surface area (Å²) in [5.74, 6) is -0.775. The molecule has 114 valence electrons. The van der Waals surface area contributed by atoms with Crippen molar-refractivity contribution in [2.24, 2.45) is 0 Å². The third-order valence-electron chi connectivity index (χ3n) is 3.26. The number of pyridine rings is 1. The Bertz CT molecular complexity index is 520. The van der Waals surface area contributed by atoms with E-state index in [1.807, 2.05) is 11.0 Å². The molecule has 7 heteroatoms. The predicted octanol–water partition coefficient (Wildman–Crippen LogP) is 0.636. The van der Waals surface area contributed by atoms with E-state index in [9.17, 15) is 9.59 Å². The lowest BCUT2D eigenvalue weighted by atomic mass is 10.2. The van der Waals surface area contributed by atoms with Gasteiger partial charge in [-0.1, -0.05) is 0 Å². The highest BCUT2D eigenvalue weighted by Gasteiger charge is 2.24. The molecule has 0 bridgehead atoms. The van der Waals surface area contributed by atoms with Crippen LogP contribution in [-0.4, -0.2) is 56.9 Å². The van der Waals surface area contributed by atoms with Crippen LogP contribution in [-0.2, 0) is 19.0 Å². The second kappa shape index (κ2) is 7.03. The van der Waals surface area contributed by atoms with Crippen LogP contribution in [0.5, 0.6) is 0 Å². The molecule has 1 atom stereocenters. The summed E-state index contributed by atoms with van der Waals surface area (Å²) in [6, 6.07) is 3.49. The van der Waals surface area contributed by atoms with Crippen molar-refractivity contribution in [3.8, 4) is 0 Å². The Hall–Kier alpha value is -2.15. The highest BCUT2D eigenvalue weighted by molar-refractivity contribution is 5.88. The molecule has 1 unspecified atom stereocenters. The molecule has 1 fully saturated rings. The summed E-state index contributed by atoms with van der Waals surface area (Å²) in [5.41, 5.74) is 1.11. The predicted molar refractivity (Wildman–Crippen MR) is 74.2 cm³/mol. The van der Waals surface area contributed by atoms with Crippen molar-refractivity contribution >= 4 is 17.6 Å². The first-order valence-electron chi connectivity index (χ1n) is 6.61. The molecule has 0 spiro atoms. The summed E-state index contributed by atoms with van der Waals surface area (Å²) in [4.78, 5) is 28.8. The second-order valence-corrected chi connectivity index (χ2v) is 4.61. The van der Waals surface area contributed by atoms with Crippen LogP contribution in [0.2, 0.25) is 0 Å². The number of ether oxygens (including phenoxy) is 3. The van der Waals surface area contributed by atoms with Gasteiger partial charge in [-0.05, 0) is 12.1 Å². The molecule has 7 nitrogen and oxygen atoms in total. The number of rotatable bonds is 4. The Balaban J connectivity index is 2.07. The number of methoxy groups -OCH3 is 2. The van der Waals surface area contributed by atoms with Crippen LogP contribution in [0.1, 0.15) is 16.9 Å². The Morgan fingerprint density at radius 2 is 2.24 bits per heavy atom. The molecule has 1 aliphatic heterocycles. The third-order valence-corrected chi connectivity index (χ3v) is 3.26. The van der Waals surface area contributed by atoms with Crippen LogP contribution in [0, 0.1) is 0 Å². The van der Waals surface area contributed by atoms with Crippen molar-refractivity contribution in [3.63, 3.8) is 0 Å². The molecule has 0 aliphatic carbocycles. The normalized spacial score (nSPS) is 18.2. The van der Waals surface area contributed by atoms with Gasteiger partial charge in [0.15, 0.2) is 0 Å². The van der Waals surface area contributed by atoms with Gasteiger partial charge in [0, 0.05) is 25.0 Å². The van der Waals surface area contributed by atoms with Gasteiger partial charge in [0.1, 0.15) is 5.69 Å². The molecular weight excluding hydrogens is 276 g/mol. The molecule has 1 saturated heterocycles. The number of nitrogens with zero attached hydrogens (tertiary/aromatic N) is 2. The number of hydrogen-bond donors (Lipinski definition) is 0. The van der Waals surface area contributed by atoms with Gasteiger partial charge in [-0.2, -0.15) is 0 Å². The third kappa shape index (κ3) is 3.91. The maximum Gasteiger partial charge on any atom is 0.356 e. The number of esters is 2. The second-order valence-electron chi connectivity index (χ2n) is 4.61. The number of carbonyl (C=O) groups is 2. The Morgan fingerprint density at radius 1 is 1.43 bits per heavy atom. The highest BCUT2D eigenvalue weighted by atomic mass is 16.5. The van der Waals surface area contributed by atoms with Crippen molar-refractivity contribution in [2.75, 3.05) is 38.8 Å². The lowest BCUT2D eigenvalue weighted by Gasteiger charge is -2.34. The van der Waals surface area contributed by atoms with Gasteiger partial charge in [0.05, 0.1) is 33.4 Å². The van der Waals surface area contributed by atoms with Crippen LogP contribution in [0.25, 0.3) is 0 Å². The molecule has 0 amide bonds. The maximum absolute atomic E-state index is 11.5. The maximum atomic E-state index is 11.5. The summed E-state index contributed by atoms with van der Waals surface area (Å²) in [6.45, 7) is 1.75. The molecule has 2 heterocycles. The number of carbonyl (C=O) groups excluding carboxylic acids is 2. The largest absolute Gasteiger partial charge is 0.469 e. The summed E-state index contributed by atoms with van der Waals surface area (Å²) in [5, 5.41) is 0. The SMILES string of the molecule is COC(=O)CC1CN(c2ccnc(C(=O)OC)c2)CCO1. The van der Waals surface area contributed by atoms with E-state index in [2.05, 4.69) is 14.5 Å². The molecule has 0 radical (unpaired) electrons. The molecule has 1 aromatic rings. The standard InChI is InChI=1S/C14H18N2O5/c1-19-13(17)8-11-9-16(5-6-21-11)10-3-4-15-12(7-10)14(18)20-2/h3-4,7,11H,5-6,8-9H2,1-2H3. The fourth-order valence-electron chi connectivity index (χ4n) is 2.18. The van der Waals surface area contributed by atoms with Gasteiger partial charge in [0.25, 0.3) is 0 Å². The van der Waals surface area contributed by atoms with Crippen LogP contribution in [0.4, 0.5) is 5.69 Å². The summed E-state index contributed by atoms with van der Waals surface area (Å²) in [6.07, 6.45) is 1.55. The minimum Gasteiger partial charge on any atom is -0.469 e. The molecule has 1 aromatic heterocycles. The smallest absolute Gasteiger partial charge is 0.356 e. The molecular formula is C14H18N2O5. The van der Waals surface area contributed by atoms with Crippen LogP contribution >= 0.6 is 0 Å². The Kier molecular flexibility index (Phi) is 5.10. The fraction of sp³-hybridized carbons (Fsp3) is 0.500. The van der Waals surface area contributed by atoms with Crippen molar-refractivity contribution < 1.29 is 23.8 Å². The topological polar surface area (TPSA) is 78.0 Å². The van der Waals surface area contributed by atoms with E-state index in [4.69, 9.17) is 4.74 Å². The minimum absolute atomic E-state index is 0.210. The van der Waals surface area contributed by atoms with Gasteiger partial charge < -0.3 is 19.1 Å². The summed E-state index contributed by atoms with van der Waals surface area (Å²) >= 11 is 0. The summed E-state index contributed by atoms with van der Waals surface area (Å²) < 4.78 is 14.9. The molecule has 2 rings (SSSR count). The molecule has 1 aliphatic rings. The highest BCUT2D eigenvalue weighted by Crippen LogP contribution is 2.19. The average Bonchev–Trinajstić information content (AvgIpc) is 2.54. The van der Waals surface area contributed by atoms with E-state index in [0.717, 1.165) is 5.69 Å². The molecule has 0 N–H and O–H groups in total. The van der Waals surface area contributed by atoms with E-state index < -0.39 is 5.97 Å². The first-order chi connectivity index (χ1) is 10.1. The number of morpholine rings is 1. The van der Waals surface area contributed by atoms with E-state index >= 15 is 0 Å². The first kappa shape index (κ1) is 15.2. The van der Waals surface area contributed by atoms with E-state index in [1.165, 1.54) is 14.2 Å². The van der Waals surface area contributed by atoms with Crippen LogP contribution in [0.3, 0.4) is 0 Å². The molecule has 0 aromatic carbocycles. The van der Waals surface area contributed by atoms with Gasteiger partial charge in [0.2, 0.25) is 0 Å². The van der Waals surface area contributed by atoms with Gasteiger partial charge in [-0.15, -0.1) is 0 Å². The molecule has 0 saturated carbocycles. The van der Waals surface area contributed by atoms with Gasteiger partial charge in [-0.3, -0.25) is 4.79 Å². The van der Waals surface area contributed by atoms with Crippen LogP contribution in [0.15, 0.2) is 18.3 Å². The Morgan fingerprint density at radius 3 is 2.95 bits per heavy atom. The Labute approximate surface area is 122 Å². The fourth-order valence-corrected chi connectivity index (χ4v) is 2.18. The quantitative estimate of drug-likeness (QED) is 0.754. The van der Waals surface area contributed by atoms with Gasteiger partial charge in [-0.25, -0.2) is 9.78 Å². The van der Waals surface area contributed by atoms with Gasteiger partial charge >= 0.3 is 11.9 Å². The molecule has 21 heavy (non-hydrogen) atoms. The zero-order valence-electron chi connectivity index (χ0n) is 12.1. The number of aromatic nitrogens is 1. The van der Waals surface area contributed by atoms with E-state index in [-0.39, 0.29) is 24.2 Å². The van der Waals surface area contributed by atoms with Crippen molar-refractivity contribution in [1.29, 1.82) is 0 Å².